The second-order valence-corrected chi connectivity index (χ2v) is 19.4. The Kier molecular flexibility index (Phi) is 10.1. The molecule has 0 bridgehead atoms. The zero-order valence-corrected chi connectivity index (χ0v) is 41.0. The van der Waals surface area contributed by atoms with Gasteiger partial charge in [-0.3, -0.25) is 0 Å². The predicted octanol–water partition coefficient (Wildman–Crippen LogP) is 19.3. The summed E-state index contributed by atoms with van der Waals surface area (Å²) in [5.74, 6) is 1.68. The largest absolute Gasteiger partial charge is 0.455 e. The highest BCUT2D eigenvalue weighted by Gasteiger charge is 2.23. The van der Waals surface area contributed by atoms with Crippen LogP contribution < -0.4 is 0 Å². The molecule has 15 aromatic rings. The van der Waals surface area contributed by atoms with Crippen molar-refractivity contribution in [2.75, 3.05) is 0 Å². The first-order chi connectivity index (χ1) is 37.6. The molecule has 12 aromatic carbocycles. The summed E-state index contributed by atoms with van der Waals surface area (Å²) in [6, 6.07) is 91.8. The minimum absolute atomic E-state index is 0.535. The number of aromatic nitrogens is 3. The fourth-order valence-electron chi connectivity index (χ4n) is 11.2. The van der Waals surface area contributed by atoms with Crippen molar-refractivity contribution < 1.29 is 8.83 Å². The van der Waals surface area contributed by atoms with Crippen LogP contribution in [0.4, 0.5) is 0 Å². The second kappa shape index (κ2) is 17.8. The number of benzene rings is 12. The molecule has 0 saturated carbocycles. The minimum atomic E-state index is 0.535. The molecule has 15 rings (SSSR count). The monoisotopic (exact) mass is 969 g/mol. The number of hydrogen-bond donors (Lipinski definition) is 0. The number of fused-ring (bicyclic) bond motifs is 8. The van der Waals surface area contributed by atoms with Crippen molar-refractivity contribution in [1.82, 2.24) is 15.0 Å². The lowest BCUT2D eigenvalue weighted by Gasteiger charge is -2.15. The molecule has 0 fully saturated rings. The standard InChI is InChI=1S/C71H43N3O2/c1-3-15-44(16-4-1)46-29-31-48(32-30-46)50-21-13-22-53(41-50)54-37-39-59(66-63-42-51-19-7-8-20-52(51)43-65(63)76-68(54)66)57-38-40-61(56-24-10-9-23-55(56)57)70-72-69(49-35-33-47(34-36-49)45-17-5-2-6-18-45)73-71(74-70)62-27-14-26-60-58-25-11-12-28-64(58)75-67(60)62/h1-43H. The summed E-state index contributed by atoms with van der Waals surface area (Å²) in [6.45, 7) is 0. The van der Waals surface area contributed by atoms with E-state index in [-0.39, 0.29) is 0 Å². The molecule has 354 valence electrons. The average molecular weight is 970 g/mol. The Balaban J connectivity index is 0.901. The molecule has 0 radical (unpaired) electrons. The smallest absolute Gasteiger partial charge is 0.167 e. The maximum atomic E-state index is 7.08. The number of rotatable bonds is 8. The van der Waals surface area contributed by atoms with Crippen LogP contribution in [0, 0.1) is 0 Å². The van der Waals surface area contributed by atoms with Crippen LogP contribution in [0.25, 0.3) is 155 Å². The highest BCUT2D eigenvalue weighted by atomic mass is 16.3. The van der Waals surface area contributed by atoms with E-state index >= 15 is 0 Å². The van der Waals surface area contributed by atoms with Gasteiger partial charge in [0.25, 0.3) is 0 Å². The van der Waals surface area contributed by atoms with Crippen LogP contribution in [-0.2, 0) is 0 Å². The number of furan rings is 2. The fraction of sp³-hybridized carbons (Fsp3) is 0. The van der Waals surface area contributed by atoms with Crippen molar-refractivity contribution in [3.05, 3.63) is 261 Å². The van der Waals surface area contributed by atoms with Gasteiger partial charge in [0.2, 0.25) is 0 Å². The van der Waals surface area contributed by atoms with Gasteiger partial charge < -0.3 is 8.83 Å². The highest BCUT2D eigenvalue weighted by molar-refractivity contribution is 6.21. The van der Waals surface area contributed by atoms with E-state index in [4.69, 9.17) is 23.8 Å². The fourth-order valence-corrected chi connectivity index (χ4v) is 11.2. The van der Waals surface area contributed by atoms with Crippen LogP contribution in [0.5, 0.6) is 0 Å². The molecule has 3 heterocycles. The summed E-state index contributed by atoms with van der Waals surface area (Å²) in [4.78, 5) is 15.9. The maximum absolute atomic E-state index is 7.08. The Labute approximate surface area is 437 Å². The Morgan fingerprint density at radius 1 is 0.224 bits per heavy atom. The van der Waals surface area contributed by atoms with Gasteiger partial charge in [0.1, 0.15) is 22.3 Å². The first kappa shape index (κ1) is 43.4. The van der Waals surface area contributed by atoms with Gasteiger partial charge in [0, 0.05) is 38.2 Å². The minimum Gasteiger partial charge on any atom is -0.455 e. The highest BCUT2D eigenvalue weighted by Crippen LogP contribution is 2.46. The summed E-state index contributed by atoms with van der Waals surface area (Å²) >= 11 is 0. The normalized spacial score (nSPS) is 11.7. The van der Waals surface area contributed by atoms with Crippen LogP contribution in [0.2, 0.25) is 0 Å². The zero-order chi connectivity index (χ0) is 50.1. The van der Waals surface area contributed by atoms with Crippen molar-refractivity contribution in [2.24, 2.45) is 0 Å². The summed E-state index contributed by atoms with van der Waals surface area (Å²) in [5, 5.41) is 8.57. The summed E-state index contributed by atoms with van der Waals surface area (Å²) in [5.41, 5.74) is 17.1. The van der Waals surface area contributed by atoms with E-state index < -0.39 is 0 Å². The Morgan fingerprint density at radius 3 is 1.42 bits per heavy atom. The van der Waals surface area contributed by atoms with Crippen LogP contribution >= 0.6 is 0 Å². The lowest BCUT2D eigenvalue weighted by atomic mass is 9.89. The first-order valence-electron chi connectivity index (χ1n) is 25.6. The molecular formula is C71H43N3O2. The molecule has 0 N–H and O–H groups in total. The third kappa shape index (κ3) is 7.36. The molecule has 0 amide bonds. The third-order valence-corrected chi connectivity index (χ3v) is 15.0. The van der Waals surface area contributed by atoms with Gasteiger partial charge in [-0.2, -0.15) is 0 Å². The molecular weight excluding hydrogens is 927 g/mol. The lowest BCUT2D eigenvalue weighted by Crippen LogP contribution is -2.01. The van der Waals surface area contributed by atoms with E-state index in [9.17, 15) is 0 Å². The second-order valence-electron chi connectivity index (χ2n) is 19.4. The molecule has 0 aliphatic rings. The lowest BCUT2D eigenvalue weighted by molar-refractivity contribution is 0.669. The summed E-state index contributed by atoms with van der Waals surface area (Å²) in [7, 11) is 0. The Hall–Kier alpha value is -10.2. The molecule has 0 aliphatic carbocycles. The Morgan fingerprint density at radius 2 is 0.697 bits per heavy atom. The molecule has 76 heavy (non-hydrogen) atoms. The molecule has 0 spiro atoms. The van der Waals surface area contributed by atoms with Crippen molar-refractivity contribution in [3.8, 4) is 89.8 Å². The van der Waals surface area contributed by atoms with Crippen LogP contribution in [0.3, 0.4) is 0 Å². The van der Waals surface area contributed by atoms with Crippen molar-refractivity contribution >= 4 is 65.4 Å². The van der Waals surface area contributed by atoms with Gasteiger partial charge >= 0.3 is 0 Å². The van der Waals surface area contributed by atoms with Crippen LogP contribution in [0.15, 0.2) is 270 Å². The molecule has 0 saturated heterocycles. The number of hydrogen-bond acceptors (Lipinski definition) is 5. The number of nitrogens with zero attached hydrogens (tertiary/aromatic N) is 3. The van der Waals surface area contributed by atoms with Crippen LogP contribution in [-0.4, -0.2) is 15.0 Å². The summed E-state index contributed by atoms with van der Waals surface area (Å²) in [6.07, 6.45) is 0. The molecule has 5 nitrogen and oxygen atoms in total. The van der Waals surface area contributed by atoms with Gasteiger partial charge in [0.05, 0.1) is 5.56 Å². The van der Waals surface area contributed by atoms with Gasteiger partial charge in [-0.1, -0.05) is 218 Å². The number of para-hydroxylation sites is 2. The van der Waals surface area contributed by atoms with Gasteiger partial charge in [0.15, 0.2) is 17.5 Å². The third-order valence-electron chi connectivity index (χ3n) is 15.0. The van der Waals surface area contributed by atoms with Crippen molar-refractivity contribution in [2.45, 2.75) is 0 Å². The predicted molar refractivity (Wildman–Crippen MR) is 313 cm³/mol. The van der Waals surface area contributed by atoms with Crippen LogP contribution in [0.1, 0.15) is 0 Å². The SMILES string of the molecule is c1ccc(-c2ccc(-c3cccc(-c4ccc(-c5ccc(-c6nc(-c7ccc(-c8ccccc8)cc7)nc(-c7cccc8c7oc7ccccc78)n6)c6ccccc56)c5c4oc4cc6ccccc6cc45)c3)cc2)cc1. The first-order valence-corrected chi connectivity index (χ1v) is 25.6. The molecule has 5 heteroatoms. The van der Waals surface area contributed by atoms with Crippen molar-refractivity contribution in [1.29, 1.82) is 0 Å². The van der Waals surface area contributed by atoms with E-state index in [1.54, 1.807) is 0 Å². The van der Waals surface area contributed by atoms with E-state index in [0.29, 0.717) is 17.5 Å². The molecule has 3 aromatic heterocycles. The maximum Gasteiger partial charge on any atom is 0.167 e. The average Bonchev–Trinajstić information content (AvgIpc) is 4.15. The molecule has 0 unspecified atom stereocenters. The van der Waals surface area contributed by atoms with Crippen molar-refractivity contribution in [3.63, 3.8) is 0 Å². The zero-order valence-electron chi connectivity index (χ0n) is 41.0. The molecule has 0 atom stereocenters. The quantitative estimate of drug-likeness (QED) is 0.152. The van der Waals surface area contributed by atoms with E-state index in [1.165, 1.54) is 11.1 Å². The van der Waals surface area contributed by atoms with E-state index in [0.717, 1.165) is 127 Å². The van der Waals surface area contributed by atoms with Gasteiger partial charge in [-0.15, -0.1) is 0 Å². The topological polar surface area (TPSA) is 65.0 Å². The van der Waals surface area contributed by atoms with E-state index in [1.807, 2.05) is 30.3 Å². The van der Waals surface area contributed by atoms with Gasteiger partial charge in [-0.05, 0) is 114 Å². The van der Waals surface area contributed by atoms with Gasteiger partial charge in [-0.25, -0.2) is 15.0 Å². The van der Waals surface area contributed by atoms with E-state index in [2.05, 4.69) is 231 Å². The Bertz CT molecular complexity index is 4730. The molecule has 0 aliphatic heterocycles. The summed E-state index contributed by atoms with van der Waals surface area (Å²) < 4.78 is 13.7.